The van der Waals surface area contributed by atoms with Gasteiger partial charge in [-0.3, -0.25) is 0 Å². The standard InChI is InChI=1S/C11H18Si/c1-4-5-10-6-8-11(9-7-10)12(2)3/h6-9,12H,4-5H2,1-3H3. The molecule has 1 rings (SSSR count). The summed E-state index contributed by atoms with van der Waals surface area (Å²) in [6.45, 7) is 6.97. The van der Waals surface area contributed by atoms with E-state index in [0.29, 0.717) is 0 Å². The summed E-state index contributed by atoms with van der Waals surface area (Å²) < 4.78 is 0. The van der Waals surface area contributed by atoms with Gasteiger partial charge in [0, 0.05) is 0 Å². The van der Waals surface area contributed by atoms with E-state index in [4.69, 9.17) is 0 Å². The summed E-state index contributed by atoms with van der Waals surface area (Å²) in [5, 5.41) is 1.58. The Labute approximate surface area is 77.2 Å². The van der Waals surface area contributed by atoms with Crippen LogP contribution in [0.25, 0.3) is 0 Å². The van der Waals surface area contributed by atoms with Gasteiger partial charge < -0.3 is 0 Å². The topological polar surface area (TPSA) is 0 Å². The summed E-state index contributed by atoms with van der Waals surface area (Å²) in [6.07, 6.45) is 2.47. The molecule has 0 radical (unpaired) electrons. The van der Waals surface area contributed by atoms with Gasteiger partial charge in [-0.1, -0.05) is 55.9 Å². The molecule has 1 heteroatoms. The second kappa shape index (κ2) is 4.46. The molecule has 0 saturated heterocycles. The SMILES string of the molecule is CCCc1ccc([SiH](C)C)cc1. The van der Waals surface area contributed by atoms with E-state index in [1.807, 2.05) is 0 Å². The fourth-order valence-electron chi connectivity index (χ4n) is 1.36. The minimum atomic E-state index is -0.569. The minimum Gasteiger partial charge on any atom is -0.0682 e. The third-order valence-corrected chi connectivity index (χ3v) is 3.90. The van der Waals surface area contributed by atoms with Crippen LogP contribution in [0, 0.1) is 0 Å². The maximum absolute atomic E-state index is 2.37. The van der Waals surface area contributed by atoms with Gasteiger partial charge in [0.2, 0.25) is 0 Å². The number of rotatable bonds is 3. The van der Waals surface area contributed by atoms with Crippen LogP contribution in [0.2, 0.25) is 13.1 Å². The predicted octanol–water partition coefficient (Wildman–Crippen LogP) is 2.33. The Kier molecular flexibility index (Phi) is 3.54. The van der Waals surface area contributed by atoms with Gasteiger partial charge in [-0.05, 0) is 12.0 Å². The lowest BCUT2D eigenvalue weighted by Gasteiger charge is -2.04. The first-order valence-electron chi connectivity index (χ1n) is 4.83. The van der Waals surface area contributed by atoms with Crippen molar-refractivity contribution in [2.24, 2.45) is 0 Å². The van der Waals surface area contributed by atoms with E-state index in [0.717, 1.165) is 0 Å². The molecule has 0 saturated carbocycles. The molecule has 1 aromatic carbocycles. The lowest BCUT2D eigenvalue weighted by atomic mass is 10.1. The molecule has 0 atom stereocenters. The lowest BCUT2D eigenvalue weighted by molar-refractivity contribution is 0.922. The summed E-state index contributed by atoms with van der Waals surface area (Å²) in [7, 11) is -0.569. The molecule has 12 heavy (non-hydrogen) atoms. The second-order valence-electron chi connectivity index (χ2n) is 3.65. The highest BCUT2D eigenvalue weighted by atomic mass is 28.3. The van der Waals surface area contributed by atoms with Gasteiger partial charge in [0.1, 0.15) is 0 Å². The van der Waals surface area contributed by atoms with Crippen LogP contribution in [0.15, 0.2) is 24.3 Å². The second-order valence-corrected chi connectivity index (χ2v) is 6.62. The van der Waals surface area contributed by atoms with Crippen molar-refractivity contribution in [1.29, 1.82) is 0 Å². The zero-order valence-corrected chi connectivity index (χ0v) is 9.46. The highest BCUT2D eigenvalue weighted by Crippen LogP contribution is 2.01. The maximum Gasteiger partial charge on any atom is 0.0647 e. The Morgan fingerprint density at radius 2 is 1.67 bits per heavy atom. The van der Waals surface area contributed by atoms with Gasteiger partial charge >= 0.3 is 0 Å². The van der Waals surface area contributed by atoms with Crippen LogP contribution < -0.4 is 5.19 Å². The normalized spacial score (nSPS) is 10.7. The third-order valence-electron chi connectivity index (χ3n) is 2.19. The van der Waals surface area contributed by atoms with Gasteiger partial charge in [0.05, 0.1) is 8.80 Å². The highest BCUT2D eigenvalue weighted by molar-refractivity contribution is 6.70. The molecule has 0 aliphatic heterocycles. The fourth-order valence-corrected chi connectivity index (χ4v) is 2.32. The van der Waals surface area contributed by atoms with E-state index in [1.54, 1.807) is 5.19 Å². The molecule has 0 nitrogen and oxygen atoms in total. The van der Waals surface area contributed by atoms with Crippen molar-refractivity contribution in [3.05, 3.63) is 29.8 Å². The van der Waals surface area contributed by atoms with Gasteiger partial charge in [-0.25, -0.2) is 0 Å². The molecule has 0 heterocycles. The molecular formula is C11H18Si. The molecule has 1 aromatic rings. The molecule has 0 bridgehead atoms. The first-order valence-corrected chi connectivity index (χ1v) is 7.71. The predicted molar refractivity (Wildman–Crippen MR) is 58.9 cm³/mol. The van der Waals surface area contributed by atoms with Crippen molar-refractivity contribution in [2.45, 2.75) is 32.9 Å². The van der Waals surface area contributed by atoms with Crippen molar-refractivity contribution >= 4 is 14.0 Å². The Morgan fingerprint density at radius 3 is 2.08 bits per heavy atom. The van der Waals surface area contributed by atoms with Gasteiger partial charge in [-0.15, -0.1) is 0 Å². The quantitative estimate of drug-likeness (QED) is 0.623. The summed E-state index contributed by atoms with van der Waals surface area (Å²) in [4.78, 5) is 0. The molecule has 0 spiro atoms. The van der Waals surface area contributed by atoms with Crippen LogP contribution in [-0.4, -0.2) is 8.80 Å². The monoisotopic (exact) mass is 178 g/mol. The smallest absolute Gasteiger partial charge is 0.0647 e. The van der Waals surface area contributed by atoms with E-state index in [2.05, 4.69) is 44.3 Å². The zero-order valence-electron chi connectivity index (χ0n) is 8.30. The molecule has 0 fully saturated rings. The van der Waals surface area contributed by atoms with E-state index in [1.165, 1.54) is 18.4 Å². The number of hydrogen-bond acceptors (Lipinski definition) is 0. The Bertz CT molecular complexity index is 223. The van der Waals surface area contributed by atoms with E-state index >= 15 is 0 Å². The third kappa shape index (κ3) is 2.49. The largest absolute Gasteiger partial charge is 0.0682 e. The van der Waals surface area contributed by atoms with Crippen molar-refractivity contribution < 1.29 is 0 Å². The zero-order chi connectivity index (χ0) is 8.97. The van der Waals surface area contributed by atoms with Gasteiger partial charge in [-0.2, -0.15) is 0 Å². The number of benzene rings is 1. The van der Waals surface area contributed by atoms with Crippen LogP contribution in [0.1, 0.15) is 18.9 Å². The van der Waals surface area contributed by atoms with Crippen LogP contribution in [0.4, 0.5) is 0 Å². The van der Waals surface area contributed by atoms with Crippen molar-refractivity contribution in [3.63, 3.8) is 0 Å². The Balaban J connectivity index is 2.71. The van der Waals surface area contributed by atoms with Crippen molar-refractivity contribution in [2.75, 3.05) is 0 Å². The number of hydrogen-bond donors (Lipinski definition) is 0. The Morgan fingerprint density at radius 1 is 1.08 bits per heavy atom. The van der Waals surface area contributed by atoms with Crippen LogP contribution in [0.5, 0.6) is 0 Å². The van der Waals surface area contributed by atoms with Crippen molar-refractivity contribution in [3.8, 4) is 0 Å². The fraction of sp³-hybridized carbons (Fsp3) is 0.455. The number of aryl methyl sites for hydroxylation is 1. The molecule has 0 unspecified atom stereocenters. The molecule has 66 valence electrons. The maximum atomic E-state index is 2.37. The lowest BCUT2D eigenvalue weighted by Crippen LogP contribution is -2.21. The Hall–Kier alpha value is -0.563. The van der Waals surface area contributed by atoms with E-state index in [9.17, 15) is 0 Å². The molecule has 0 aliphatic rings. The van der Waals surface area contributed by atoms with E-state index < -0.39 is 8.80 Å². The average Bonchev–Trinajstić information content (AvgIpc) is 2.06. The van der Waals surface area contributed by atoms with Gasteiger partial charge in [0.15, 0.2) is 0 Å². The summed E-state index contributed by atoms with van der Waals surface area (Å²) in [6, 6.07) is 9.18. The minimum absolute atomic E-state index is 0.569. The molecule has 0 aromatic heterocycles. The summed E-state index contributed by atoms with van der Waals surface area (Å²) in [5.41, 5.74) is 1.48. The van der Waals surface area contributed by atoms with Gasteiger partial charge in [0.25, 0.3) is 0 Å². The highest BCUT2D eigenvalue weighted by Gasteiger charge is 1.98. The summed E-state index contributed by atoms with van der Waals surface area (Å²) >= 11 is 0. The average molecular weight is 178 g/mol. The molecule has 0 aliphatic carbocycles. The van der Waals surface area contributed by atoms with Crippen molar-refractivity contribution in [1.82, 2.24) is 0 Å². The van der Waals surface area contributed by atoms with Crippen LogP contribution >= 0.6 is 0 Å². The molecule has 0 amide bonds. The first kappa shape index (κ1) is 9.52. The van der Waals surface area contributed by atoms with E-state index in [-0.39, 0.29) is 0 Å². The van der Waals surface area contributed by atoms with Crippen LogP contribution in [0.3, 0.4) is 0 Å². The molecule has 0 N–H and O–H groups in total. The summed E-state index contributed by atoms with van der Waals surface area (Å²) in [5.74, 6) is 0. The molecular weight excluding hydrogens is 160 g/mol. The van der Waals surface area contributed by atoms with Crippen LogP contribution in [-0.2, 0) is 6.42 Å². The first-order chi connectivity index (χ1) is 5.74.